The molecule has 0 aliphatic rings. The number of anilines is 1. The van der Waals surface area contributed by atoms with E-state index in [9.17, 15) is 4.79 Å². The number of urea groups is 1. The number of rotatable bonds is 5. The molecule has 2 aromatic carbocycles. The number of hydrazone groups is 1. The van der Waals surface area contributed by atoms with Crippen molar-refractivity contribution in [1.29, 1.82) is 0 Å². The second kappa shape index (κ2) is 8.87. The molecule has 0 aliphatic carbocycles. The molecule has 6 nitrogen and oxygen atoms in total. The molecule has 0 atom stereocenters. The van der Waals surface area contributed by atoms with E-state index in [1.165, 1.54) is 6.21 Å². The first-order valence-corrected chi connectivity index (χ1v) is 8.81. The number of ether oxygens (including phenoxy) is 2. The molecule has 0 fully saturated rings. The molecule has 2 aromatic rings. The Balaban J connectivity index is 2.01. The van der Waals surface area contributed by atoms with Crippen LogP contribution in [0.1, 0.15) is 11.1 Å². The Hall–Kier alpha value is -2.06. The van der Waals surface area contributed by atoms with Gasteiger partial charge >= 0.3 is 6.03 Å². The lowest BCUT2D eigenvalue weighted by molar-refractivity contribution is 0.252. The average molecular weight is 471 g/mol. The van der Waals surface area contributed by atoms with Gasteiger partial charge in [-0.2, -0.15) is 5.10 Å². The van der Waals surface area contributed by atoms with E-state index in [-0.39, 0.29) is 0 Å². The van der Waals surface area contributed by atoms with Gasteiger partial charge in [-0.15, -0.1) is 0 Å². The normalized spacial score (nSPS) is 10.6. The van der Waals surface area contributed by atoms with Crippen molar-refractivity contribution in [2.75, 3.05) is 19.5 Å². The largest absolute Gasteiger partial charge is 0.493 e. The quantitative estimate of drug-likeness (QED) is 0.491. The van der Waals surface area contributed by atoms with Gasteiger partial charge in [0, 0.05) is 10.2 Å². The summed E-state index contributed by atoms with van der Waals surface area (Å²) >= 11 is 6.82. The van der Waals surface area contributed by atoms with E-state index in [2.05, 4.69) is 47.7 Å². The van der Waals surface area contributed by atoms with Gasteiger partial charge < -0.3 is 14.8 Å². The second-order valence-corrected chi connectivity index (χ2v) is 6.73. The fourth-order valence-corrected chi connectivity index (χ4v) is 2.93. The fourth-order valence-electron chi connectivity index (χ4n) is 2.06. The van der Waals surface area contributed by atoms with Crippen LogP contribution in [0.25, 0.3) is 0 Å². The smallest absolute Gasteiger partial charge is 0.339 e. The van der Waals surface area contributed by atoms with Crippen molar-refractivity contribution in [3.63, 3.8) is 0 Å². The van der Waals surface area contributed by atoms with Gasteiger partial charge in [-0.25, -0.2) is 10.2 Å². The van der Waals surface area contributed by atoms with Gasteiger partial charge in [-0.05, 0) is 64.3 Å². The van der Waals surface area contributed by atoms with E-state index >= 15 is 0 Å². The first kappa shape index (κ1) is 19.3. The van der Waals surface area contributed by atoms with Gasteiger partial charge in [-0.3, -0.25) is 0 Å². The molecular formula is C17H17Br2N3O3. The molecule has 132 valence electrons. The van der Waals surface area contributed by atoms with Gasteiger partial charge in [0.1, 0.15) is 0 Å². The first-order valence-electron chi connectivity index (χ1n) is 7.22. The van der Waals surface area contributed by atoms with Crippen LogP contribution in [0, 0.1) is 6.92 Å². The van der Waals surface area contributed by atoms with E-state index in [0.717, 1.165) is 20.1 Å². The van der Waals surface area contributed by atoms with Gasteiger partial charge in [0.15, 0.2) is 11.5 Å². The highest BCUT2D eigenvalue weighted by molar-refractivity contribution is 9.10. The lowest BCUT2D eigenvalue weighted by Gasteiger charge is -2.10. The summed E-state index contributed by atoms with van der Waals surface area (Å²) < 4.78 is 12.2. The predicted molar refractivity (Wildman–Crippen MR) is 106 cm³/mol. The topological polar surface area (TPSA) is 72.0 Å². The first-order chi connectivity index (χ1) is 11.9. The summed E-state index contributed by atoms with van der Waals surface area (Å²) in [5.74, 6) is 1.16. The number of carbonyl (C=O) groups is 1. The van der Waals surface area contributed by atoms with Crippen LogP contribution in [-0.2, 0) is 0 Å². The van der Waals surface area contributed by atoms with Crippen LogP contribution in [0.4, 0.5) is 10.5 Å². The standard InChI is InChI=1S/C17H17Br2N3O3/c1-10-6-12(4-5-13(10)18)21-17(23)22-20-9-11-7-14(19)16(25-3)15(8-11)24-2/h4-9H,1-3H3,(H2,21,22,23)/b20-9-. The number of benzene rings is 2. The minimum absolute atomic E-state index is 0.433. The molecule has 8 heteroatoms. The van der Waals surface area contributed by atoms with Gasteiger partial charge in [-0.1, -0.05) is 15.9 Å². The zero-order chi connectivity index (χ0) is 18.4. The van der Waals surface area contributed by atoms with Crippen molar-refractivity contribution in [3.05, 3.63) is 50.4 Å². The van der Waals surface area contributed by atoms with Crippen molar-refractivity contribution < 1.29 is 14.3 Å². The minimum Gasteiger partial charge on any atom is -0.493 e. The highest BCUT2D eigenvalue weighted by atomic mass is 79.9. The molecule has 0 unspecified atom stereocenters. The maximum absolute atomic E-state index is 11.9. The molecule has 2 rings (SSSR count). The lowest BCUT2D eigenvalue weighted by Crippen LogP contribution is -2.24. The Labute approximate surface area is 162 Å². The highest BCUT2D eigenvalue weighted by Gasteiger charge is 2.09. The Bertz CT molecular complexity index is 810. The van der Waals surface area contributed by atoms with Gasteiger partial charge in [0.2, 0.25) is 0 Å². The monoisotopic (exact) mass is 469 g/mol. The average Bonchev–Trinajstić information content (AvgIpc) is 2.57. The summed E-state index contributed by atoms with van der Waals surface area (Å²) in [5, 5.41) is 6.65. The SMILES string of the molecule is COc1cc(/C=N\NC(=O)Nc2ccc(Br)c(C)c2)cc(Br)c1OC. The Morgan fingerprint density at radius 1 is 1.12 bits per heavy atom. The molecule has 0 spiro atoms. The number of hydrogen-bond donors (Lipinski definition) is 2. The van der Waals surface area contributed by atoms with Crippen molar-refractivity contribution in [2.45, 2.75) is 6.92 Å². The number of halogens is 2. The Kier molecular flexibility index (Phi) is 6.83. The second-order valence-electron chi connectivity index (χ2n) is 5.03. The van der Waals surface area contributed by atoms with E-state index in [1.807, 2.05) is 25.1 Å². The fraction of sp³-hybridized carbons (Fsp3) is 0.176. The predicted octanol–water partition coefficient (Wildman–Crippen LogP) is 4.69. The molecule has 0 saturated heterocycles. The van der Waals surface area contributed by atoms with E-state index in [1.54, 1.807) is 26.4 Å². The van der Waals surface area contributed by atoms with Crippen molar-refractivity contribution in [2.24, 2.45) is 5.10 Å². The Morgan fingerprint density at radius 3 is 2.52 bits per heavy atom. The third kappa shape index (κ3) is 5.20. The highest BCUT2D eigenvalue weighted by Crippen LogP contribution is 2.35. The van der Waals surface area contributed by atoms with Crippen LogP contribution in [-0.4, -0.2) is 26.5 Å². The number of amides is 2. The van der Waals surface area contributed by atoms with Crippen LogP contribution < -0.4 is 20.2 Å². The van der Waals surface area contributed by atoms with E-state index in [0.29, 0.717) is 17.2 Å². The lowest BCUT2D eigenvalue weighted by atomic mass is 10.2. The number of aryl methyl sites for hydroxylation is 1. The molecule has 25 heavy (non-hydrogen) atoms. The summed E-state index contributed by atoms with van der Waals surface area (Å²) in [6.07, 6.45) is 1.51. The van der Waals surface area contributed by atoms with Crippen LogP contribution in [0.2, 0.25) is 0 Å². The van der Waals surface area contributed by atoms with Gasteiger partial charge in [0.25, 0.3) is 0 Å². The van der Waals surface area contributed by atoms with Crippen LogP contribution in [0.3, 0.4) is 0 Å². The molecular weight excluding hydrogens is 454 g/mol. The van der Waals surface area contributed by atoms with Crippen LogP contribution >= 0.6 is 31.9 Å². The summed E-state index contributed by atoms with van der Waals surface area (Å²) in [4.78, 5) is 11.9. The molecule has 2 amide bonds. The maximum atomic E-state index is 11.9. The molecule has 0 heterocycles. The van der Waals surface area contributed by atoms with E-state index < -0.39 is 6.03 Å². The summed E-state index contributed by atoms with van der Waals surface area (Å²) in [6, 6.07) is 8.66. The number of nitrogens with one attached hydrogen (secondary N) is 2. The molecule has 0 aromatic heterocycles. The minimum atomic E-state index is -0.433. The molecule has 0 radical (unpaired) electrons. The third-order valence-corrected chi connectivity index (χ3v) is 4.73. The molecule has 0 bridgehead atoms. The number of hydrogen-bond acceptors (Lipinski definition) is 4. The van der Waals surface area contributed by atoms with Gasteiger partial charge in [0.05, 0.1) is 24.9 Å². The molecule has 0 aliphatic heterocycles. The molecule has 0 saturated carbocycles. The maximum Gasteiger partial charge on any atom is 0.339 e. The third-order valence-electron chi connectivity index (χ3n) is 3.25. The summed E-state index contributed by atoms with van der Waals surface area (Å²) in [6.45, 7) is 1.94. The van der Waals surface area contributed by atoms with Crippen LogP contribution in [0.5, 0.6) is 11.5 Å². The van der Waals surface area contributed by atoms with Crippen molar-refractivity contribution >= 4 is 49.8 Å². The zero-order valence-corrected chi connectivity index (χ0v) is 17.1. The Morgan fingerprint density at radius 2 is 1.88 bits per heavy atom. The van der Waals surface area contributed by atoms with Crippen molar-refractivity contribution in [1.82, 2.24) is 5.43 Å². The van der Waals surface area contributed by atoms with Crippen molar-refractivity contribution in [3.8, 4) is 11.5 Å². The number of nitrogens with zero attached hydrogens (tertiary/aromatic N) is 1. The summed E-state index contributed by atoms with van der Waals surface area (Å²) in [7, 11) is 3.11. The van der Waals surface area contributed by atoms with Crippen LogP contribution in [0.15, 0.2) is 44.4 Å². The number of carbonyl (C=O) groups excluding carboxylic acids is 1. The summed E-state index contributed by atoms with van der Waals surface area (Å²) in [5.41, 5.74) is 4.87. The number of methoxy groups -OCH3 is 2. The molecule has 2 N–H and O–H groups in total. The zero-order valence-electron chi connectivity index (χ0n) is 13.9. The van der Waals surface area contributed by atoms with E-state index in [4.69, 9.17) is 9.47 Å².